The minimum absolute atomic E-state index is 0.127. The van der Waals surface area contributed by atoms with Crippen LogP contribution in [0.1, 0.15) is 35.2 Å². The molecule has 0 aliphatic heterocycles. The minimum Gasteiger partial charge on any atom is -0.382 e. The summed E-state index contributed by atoms with van der Waals surface area (Å²) in [6.07, 6.45) is -0.521. The smallest absolute Gasteiger partial charge is 0.382 e. The maximum Gasteiger partial charge on any atom is 0.390 e. The maximum atomic E-state index is 13.2. The Morgan fingerprint density at radius 3 is 2.59 bits per heavy atom. The Morgan fingerprint density at radius 2 is 1.92 bits per heavy atom. The molecule has 1 saturated carbocycles. The first kappa shape index (κ1) is 24.5. The van der Waals surface area contributed by atoms with E-state index in [0.29, 0.717) is 28.3 Å². The molecule has 3 heterocycles. The predicted octanol–water partition coefficient (Wildman–Crippen LogP) is 5.24. The molecule has 3 aromatic heterocycles. The van der Waals surface area contributed by atoms with Crippen LogP contribution in [0.25, 0.3) is 16.9 Å². The second kappa shape index (κ2) is 9.68. The van der Waals surface area contributed by atoms with Crippen molar-refractivity contribution in [2.45, 2.75) is 38.4 Å². The van der Waals surface area contributed by atoms with Gasteiger partial charge in [0, 0.05) is 29.8 Å². The van der Waals surface area contributed by atoms with E-state index in [1.165, 1.54) is 28.9 Å². The summed E-state index contributed by atoms with van der Waals surface area (Å²) in [4.78, 5) is 20.5. The van der Waals surface area contributed by atoms with Gasteiger partial charge < -0.3 is 16.0 Å². The number of benzene rings is 1. The molecule has 1 aliphatic carbocycles. The lowest BCUT2D eigenvalue weighted by molar-refractivity contribution is -0.131. The van der Waals surface area contributed by atoms with Crippen molar-refractivity contribution in [1.82, 2.24) is 24.9 Å². The standard InChI is InChI=1S/C25H23F4N7O/c1-14-10-15(2-6-18(14)24(37)34-16-3-4-16)20-13-32-23-19(30-9-8-25(27,28)29)11-22(35-36(20)23)33-17-5-7-21(26)31-12-17/h2,5-7,10-13,16,30H,3-4,8-9H2,1H3,(H,33,35)(H,34,37). The van der Waals surface area contributed by atoms with Crippen LogP contribution >= 0.6 is 0 Å². The lowest BCUT2D eigenvalue weighted by Crippen LogP contribution is -2.26. The number of carbonyl (C=O) groups is 1. The molecular formula is C25H23F4N7O. The van der Waals surface area contributed by atoms with Gasteiger partial charge in [-0.05, 0) is 49.6 Å². The van der Waals surface area contributed by atoms with Crippen LogP contribution in [0.2, 0.25) is 0 Å². The molecular weight excluding hydrogens is 490 g/mol. The number of pyridine rings is 1. The summed E-state index contributed by atoms with van der Waals surface area (Å²) in [5.74, 6) is -0.491. The van der Waals surface area contributed by atoms with Crippen LogP contribution in [0.3, 0.4) is 0 Å². The van der Waals surface area contributed by atoms with Crippen LogP contribution in [0, 0.1) is 12.9 Å². The third-order valence-corrected chi connectivity index (χ3v) is 5.87. The minimum atomic E-state index is -4.32. The number of aryl methyl sites for hydroxylation is 1. The van der Waals surface area contributed by atoms with Crippen molar-refractivity contribution in [3.05, 3.63) is 65.9 Å². The Bertz CT molecular complexity index is 1450. The van der Waals surface area contributed by atoms with Crippen LogP contribution in [-0.4, -0.2) is 44.3 Å². The van der Waals surface area contributed by atoms with Gasteiger partial charge in [-0.15, -0.1) is 5.10 Å². The molecule has 12 heteroatoms. The number of anilines is 3. The van der Waals surface area contributed by atoms with Gasteiger partial charge in [-0.3, -0.25) is 4.79 Å². The fourth-order valence-corrected chi connectivity index (χ4v) is 3.86. The normalized spacial score (nSPS) is 13.5. The molecule has 5 rings (SSSR count). The second-order valence-electron chi connectivity index (χ2n) is 8.89. The van der Waals surface area contributed by atoms with Gasteiger partial charge in [-0.2, -0.15) is 17.6 Å². The molecule has 0 spiro atoms. The van der Waals surface area contributed by atoms with Gasteiger partial charge in [-0.25, -0.2) is 14.5 Å². The zero-order valence-electron chi connectivity index (χ0n) is 19.7. The van der Waals surface area contributed by atoms with Crippen molar-refractivity contribution in [2.24, 2.45) is 0 Å². The second-order valence-corrected chi connectivity index (χ2v) is 8.89. The summed E-state index contributed by atoms with van der Waals surface area (Å²) in [6.45, 7) is 1.48. The van der Waals surface area contributed by atoms with Gasteiger partial charge in [0.25, 0.3) is 5.91 Å². The summed E-state index contributed by atoms with van der Waals surface area (Å²) in [5, 5.41) is 13.3. The molecule has 1 amide bonds. The van der Waals surface area contributed by atoms with Crippen LogP contribution in [-0.2, 0) is 0 Å². The SMILES string of the molecule is Cc1cc(-c2cnc3c(NCCC(F)(F)F)cc(Nc4ccc(F)nc4)nn23)ccc1C(=O)NC1CC1. The fraction of sp³-hybridized carbons (Fsp3) is 0.280. The van der Waals surface area contributed by atoms with Gasteiger partial charge in [0.2, 0.25) is 5.95 Å². The van der Waals surface area contributed by atoms with Gasteiger partial charge in [0.1, 0.15) is 0 Å². The fourth-order valence-electron chi connectivity index (χ4n) is 3.86. The first-order valence-corrected chi connectivity index (χ1v) is 11.7. The average molecular weight is 513 g/mol. The van der Waals surface area contributed by atoms with Crippen LogP contribution in [0.5, 0.6) is 0 Å². The topological polar surface area (TPSA) is 96.2 Å². The molecule has 1 aliphatic rings. The van der Waals surface area contributed by atoms with Gasteiger partial charge in [0.15, 0.2) is 11.5 Å². The van der Waals surface area contributed by atoms with Crippen molar-refractivity contribution in [1.29, 1.82) is 0 Å². The van der Waals surface area contributed by atoms with Gasteiger partial charge in [-0.1, -0.05) is 6.07 Å². The molecule has 0 bridgehead atoms. The van der Waals surface area contributed by atoms with Crippen molar-refractivity contribution in [3.8, 4) is 11.3 Å². The third kappa shape index (κ3) is 5.79. The summed E-state index contributed by atoms with van der Waals surface area (Å²) < 4.78 is 53.0. The Balaban J connectivity index is 1.50. The number of nitrogens with one attached hydrogen (secondary N) is 3. The zero-order chi connectivity index (χ0) is 26.2. The number of rotatable bonds is 8. The Labute approximate surface area is 209 Å². The van der Waals surface area contributed by atoms with Crippen LogP contribution in [0.4, 0.5) is 34.8 Å². The number of alkyl halides is 3. The highest BCUT2D eigenvalue weighted by atomic mass is 19.4. The number of nitrogens with zero attached hydrogens (tertiary/aromatic N) is 4. The monoisotopic (exact) mass is 513 g/mol. The van der Waals surface area contributed by atoms with E-state index in [1.54, 1.807) is 18.3 Å². The highest BCUT2D eigenvalue weighted by Gasteiger charge is 2.27. The van der Waals surface area contributed by atoms with E-state index in [1.807, 2.05) is 13.0 Å². The van der Waals surface area contributed by atoms with E-state index in [4.69, 9.17) is 0 Å². The molecule has 3 N–H and O–H groups in total. The lowest BCUT2D eigenvalue weighted by atomic mass is 10.0. The number of hydrogen-bond acceptors (Lipinski definition) is 6. The molecule has 1 aromatic carbocycles. The number of hydrogen-bond donors (Lipinski definition) is 3. The lowest BCUT2D eigenvalue weighted by Gasteiger charge is -2.13. The van der Waals surface area contributed by atoms with Crippen molar-refractivity contribution >= 4 is 28.7 Å². The molecule has 0 radical (unpaired) electrons. The molecule has 37 heavy (non-hydrogen) atoms. The summed E-state index contributed by atoms with van der Waals surface area (Å²) >= 11 is 0. The molecule has 192 valence electrons. The van der Waals surface area contributed by atoms with Gasteiger partial charge >= 0.3 is 6.18 Å². The first-order chi connectivity index (χ1) is 17.7. The number of imidazole rings is 1. The molecule has 4 aromatic rings. The summed E-state index contributed by atoms with van der Waals surface area (Å²) in [5.41, 5.74) is 3.74. The maximum absolute atomic E-state index is 13.2. The summed E-state index contributed by atoms with van der Waals surface area (Å²) in [7, 11) is 0. The van der Waals surface area contributed by atoms with Crippen molar-refractivity contribution in [3.63, 3.8) is 0 Å². The van der Waals surface area contributed by atoms with E-state index < -0.39 is 18.5 Å². The van der Waals surface area contributed by atoms with E-state index >= 15 is 0 Å². The average Bonchev–Trinajstić information content (AvgIpc) is 3.54. The molecule has 8 nitrogen and oxygen atoms in total. The van der Waals surface area contributed by atoms with Crippen LogP contribution in [0.15, 0.2) is 48.8 Å². The number of amides is 1. The van der Waals surface area contributed by atoms with E-state index in [-0.39, 0.29) is 24.3 Å². The summed E-state index contributed by atoms with van der Waals surface area (Å²) in [6, 6.07) is 9.76. The number of fused-ring (bicyclic) bond motifs is 1. The van der Waals surface area contributed by atoms with Gasteiger partial charge in [0.05, 0.1) is 35.9 Å². The number of halogens is 4. The first-order valence-electron chi connectivity index (χ1n) is 11.7. The molecule has 0 saturated heterocycles. The van der Waals surface area contributed by atoms with Crippen LogP contribution < -0.4 is 16.0 Å². The van der Waals surface area contributed by atoms with E-state index in [9.17, 15) is 22.4 Å². The largest absolute Gasteiger partial charge is 0.390 e. The highest BCUT2D eigenvalue weighted by molar-refractivity contribution is 5.96. The van der Waals surface area contributed by atoms with Crippen molar-refractivity contribution < 1.29 is 22.4 Å². The quantitative estimate of drug-likeness (QED) is 0.220. The zero-order valence-corrected chi connectivity index (χ0v) is 19.7. The molecule has 0 unspecified atom stereocenters. The highest BCUT2D eigenvalue weighted by Crippen LogP contribution is 2.29. The van der Waals surface area contributed by atoms with E-state index in [0.717, 1.165) is 24.0 Å². The number of carbonyl (C=O) groups excluding carboxylic acids is 1. The number of aromatic nitrogens is 4. The molecule has 1 fully saturated rings. The molecule has 0 atom stereocenters. The van der Waals surface area contributed by atoms with E-state index in [2.05, 4.69) is 31.0 Å². The Hall–Kier alpha value is -4.22. The Morgan fingerprint density at radius 1 is 1.11 bits per heavy atom. The van der Waals surface area contributed by atoms with Crippen molar-refractivity contribution in [2.75, 3.05) is 17.2 Å². The Kier molecular flexibility index (Phi) is 6.40. The third-order valence-electron chi connectivity index (χ3n) is 5.87. The predicted molar refractivity (Wildman–Crippen MR) is 130 cm³/mol.